The van der Waals surface area contributed by atoms with Crippen molar-refractivity contribution in [3.05, 3.63) is 210 Å². The van der Waals surface area contributed by atoms with Gasteiger partial charge in [0, 0.05) is 10.9 Å². The van der Waals surface area contributed by atoms with E-state index in [0.29, 0.717) is 5.89 Å². The summed E-state index contributed by atoms with van der Waals surface area (Å²) in [7, 11) is 0. The van der Waals surface area contributed by atoms with Gasteiger partial charge in [0.25, 0.3) is 0 Å². The average molecular weight is 686 g/mol. The third-order valence-corrected chi connectivity index (χ3v) is 11.9. The zero-order valence-electron chi connectivity index (χ0n) is 29.3. The van der Waals surface area contributed by atoms with Gasteiger partial charge in [-0.2, -0.15) is 0 Å². The lowest BCUT2D eigenvalue weighted by atomic mass is 9.70. The van der Waals surface area contributed by atoms with Crippen LogP contribution in [0.15, 0.2) is 192 Å². The Morgan fingerprint density at radius 1 is 0.370 bits per heavy atom. The highest BCUT2D eigenvalue weighted by atomic mass is 16.3. The van der Waals surface area contributed by atoms with Gasteiger partial charge in [0.2, 0.25) is 5.89 Å². The van der Waals surface area contributed by atoms with E-state index in [4.69, 9.17) is 9.40 Å². The van der Waals surface area contributed by atoms with E-state index < -0.39 is 0 Å². The Balaban J connectivity index is 1.02. The summed E-state index contributed by atoms with van der Waals surface area (Å²) in [6, 6.07) is 68.7. The normalized spacial score (nSPS) is 13.3. The fourth-order valence-corrected chi connectivity index (χ4v) is 9.56. The van der Waals surface area contributed by atoms with Crippen LogP contribution in [0.1, 0.15) is 22.3 Å². The highest BCUT2D eigenvalue weighted by molar-refractivity contribution is 6.18. The zero-order chi connectivity index (χ0) is 35.4. The van der Waals surface area contributed by atoms with Gasteiger partial charge in [0.05, 0.1) is 5.41 Å². The Kier molecular flexibility index (Phi) is 6.01. The van der Waals surface area contributed by atoms with Crippen LogP contribution in [0.2, 0.25) is 0 Å². The molecule has 0 radical (unpaired) electrons. The lowest BCUT2D eigenvalue weighted by molar-refractivity contribution is 0.623. The smallest absolute Gasteiger partial charge is 0.227 e. The molecule has 1 aromatic heterocycles. The number of aromatic nitrogens is 1. The van der Waals surface area contributed by atoms with Crippen LogP contribution < -0.4 is 0 Å². The van der Waals surface area contributed by atoms with E-state index in [9.17, 15) is 0 Å². The summed E-state index contributed by atoms with van der Waals surface area (Å²) >= 11 is 0. The van der Waals surface area contributed by atoms with Crippen molar-refractivity contribution in [2.24, 2.45) is 0 Å². The van der Waals surface area contributed by atoms with Gasteiger partial charge in [0.1, 0.15) is 5.52 Å². The van der Waals surface area contributed by atoms with Gasteiger partial charge >= 0.3 is 0 Å². The van der Waals surface area contributed by atoms with Crippen molar-refractivity contribution in [3.63, 3.8) is 0 Å². The standard InChI is InChI=1S/C52H31NO/c1-2-11-34(12-3-1)51-53-48-28-26-33-23-21-32-22-24-37(30-43(32)49(33)50(48)54-51)35-13-10-14-36(29-35)38-25-27-42-41-17-6-9-20-46(41)52(47(42)31-38)44-18-7-4-15-39(44)40-16-5-8-19-45(40)52/h1-31H. The van der Waals surface area contributed by atoms with Crippen molar-refractivity contribution in [1.29, 1.82) is 0 Å². The Morgan fingerprint density at radius 3 is 1.59 bits per heavy atom. The molecule has 2 aliphatic carbocycles. The van der Waals surface area contributed by atoms with Gasteiger partial charge in [-0.3, -0.25) is 0 Å². The largest absolute Gasteiger partial charge is 0.435 e. The molecule has 9 aromatic carbocycles. The minimum Gasteiger partial charge on any atom is -0.435 e. The van der Waals surface area contributed by atoms with E-state index in [2.05, 4.69) is 158 Å². The second kappa shape index (κ2) is 11.0. The zero-order valence-corrected chi connectivity index (χ0v) is 29.3. The van der Waals surface area contributed by atoms with Gasteiger partial charge in [0.15, 0.2) is 5.58 Å². The van der Waals surface area contributed by atoms with E-state index in [-0.39, 0.29) is 5.41 Å². The molecule has 0 saturated heterocycles. The molecule has 0 unspecified atom stereocenters. The monoisotopic (exact) mass is 685 g/mol. The van der Waals surface area contributed by atoms with Gasteiger partial charge < -0.3 is 4.42 Å². The quantitative estimate of drug-likeness (QED) is 0.173. The molecule has 0 atom stereocenters. The minimum atomic E-state index is -0.363. The molecule has 2 nitrogen and oxygen atoms in total. The van der Waals surface area contributed by atoms with Crippen LogP contribution in [0.4, 0.5) is 0 Å². The van der Waals surface area contributed by atoms with Crippen molar-refractivity contribution in [3.8, 4) is 56.0 Å². The molecular formula is C52H31NO. The van der Waals surface area contributed by atoms with E-state index in [1.807, 2.05) is 30.3 Å². The number of rotatable bonds is 3. The molecule has 0 bridgehead atoms. The number of hydrogen-bond acceptors (Lipinski definition) is 2. The number of hydrogen-bond donors (Lipinski definition) is 0. The predicted octanol–water partition coefficient (Wildman–Crippen LogP) is 13.5. The second-order valence-corrected chi connectivity index (χ2v) is 14.6. The van der Waals surface area contributed by atoms with Gasteiger partial charge in [-0.1, -0.05) is 152 Å². The van der Waals surface area contributed by atoms with E-state index >= 15 is 0 Å². The first-order valence-electron chi connectivity index (χ1n) is 18.6. The van der Waals surface area contributed by atoms with Gasteiger partial charge in [-0.25, -0.2) is 4.98 Å². The Labute approximate surface area is 312 Å². The number of nitrogens with zero attached hydrogens (tertiary/aromatic N) is 1. The highest BCUT2D eigenvalue weighted by Gasteiger charge is 2.51. The first kappa shape index (κ1) is 29.5. The Hall–Kier alpha value is -7.03. The molecule has 0 saturated carbocycles. The van der Waals surface area contributed by atoms with Crippen LogP contribution in [-0.2, 0) is 5.41 Å². The van der Waals surface area contributed by atoms with E-state index in [1.165, 1.54) is 72.1 Å². The lowest BCUT2D eigenvalue weighted by Crippen LogP contribution is -2.25. The van der Waals surface area contributed by atoms with Crippen molar-refractivity contribution >= 4 is 32.6 Å². The van der Waals surface area contributed by atoms with Crippen molar-refractivity contribution in [2.75, 3.05) is 0 Å². The maximum Gasteiger partial charge on any atom is 0.227 e. The van der Waals surface area contributed by atoms with Crippen LogP contribution in [-0.4, -0.2) is 4.98 Å². The first-order chi connectivity index (χ1) is 26.8. The number of oxazole rings is 1. The maximum atomic E-state index is 6.53. The molecule has 250 valence electrons. The molecule has 0 amide bonds. The fraction of sp³-hybridized carbons (Fsp3) is 0.0192. The Morgan fingerprint density at radius 2 is 0.889 bits per heavy atom. The molecule has 1 spiro atoms. The number of benzene rings is 9. The molecule has 10 aromatic rings. The SMILES string of the molecule is c1ccc(-c2nc3ccc4ccc5ccc(-c6cccc(-c7ccc8c(c7)C7(c9ccccc9-c9ccccc97)c7ccccc7-8)c6)cc5c4c3o2)cc1. The highest BCUT2D eigenvalue weighted by Crippen LogP contribution is 2.63. The van der Waals surface area contributed by atoms with E-state index in [1.54, 1.807) is 0 Å². The molecule has 0 N–H and O–H groups in total. The van der Waals surface area contributed by atoms with Crippen molar-refractivity contribution in [1.82, 2.24) is 4.98 Å². The fourth-order valence-electron chi connectivity index (χ4n) is 9.56. The summed E-state index contributed by atoms with van der Waals surface area (Å²) in [6.45, 7) is 0. The molecule has 0 aliphatic heterocycles. The summed E-state index contributed by atoms with van der Waals surface area (Å²) in [6.07, 6.45) is 0. The molecular weight excluding hydrogens is 655 g/mol. The lowest BCUT2D eigenvalue weighted by Gasteiger charge is -2.30. The predicted molar refractivity (Wildman–Crippen MR) is 222 cm³/mol. The summed E-state index contributed by atoms with van der Waals surface area (Å²) in [5.74, 6) is 0.641. The molecule has 2 aliphatic rings. The molecule has 2 heteroatoms. The van der Waals surface area contributed by atoms with Crippen LogP contribution in [0.5, 0.6) is 0 Å². The van der Waals surface area contributed by atoms with Crippen LogP contribution in [0, 0.1) is 0 Å². The molecule has 1 heterocycles. The molecule has 12 rings (SSSR count). The summed E-state index contributed by atoms with van der Waals surface area (Å²) < 4.78 is 6.53. The van der Waals surface area contributed by atoms with Gasteiger partial charge in [-0.15, -0.1) is 0 Å². The third kappa shape index (κ3) is 3.97. The second-order valence-electron chi connectivity index (χ2n) is 14.6. The van der Waals surface area contributed by atoms with Crippen LogP contribution in [0.25, 0.3) is 88.6 Å². The third-order valence-electron chi connectivity index (χ3n) is 11.9. The van der Waals surface area contributed by atoms with Crippen molar-refractivity contribution in [2.45, 2.75) is 5.41 Å². The summed E-state index contributed by atoms with van der Waals surface area (Å²) in [4.78, 5) is 4.89. The molecule has 54 heavy (non-hydrogen) atoms. The van der Waals surface area contributed by atoms with Gasteiger partial charge in [-0.05, 0) is 119 Å². The van der Waals surface area contributed by atoms with Crippen molar-refractivity contribution < 1.29 is 4.42 Å². The Bertz CT molecular complexity index is 3110. The minimum absolute atomic E-state index is 0.363. The topological polar surface area (TPSA) is 26.0 Å². The average Bonchev–Trinajstić information content (AvgIpc) is 3.91. The van der Waals surface area contributed by atoms with Crippen LogP contribution in [0.3, 0.4) is 0 Å². The maximum absolute atomic E-state index is 6.53. The van der Waals surface area contributed by atoms with E-state index in [0.717, 1.165) is 32.8 Å². The summed E-state index contributed by atoms with van der Waals surface area (Å²) in [5, 5.41) is 4.57. The number of fused-ring (bicyclic) bond motifs is 15. The molecule has 0 fully saturated rings. The van der Waals surface area contributed by atoms with Crippen LogP contribution >= 0.6 is 0 Å². The summed E-state index contributed by atoms with van der Waals surface area (Å²) in [5.41, 5.74) is 17.8. The first-order valence-corrected chi connectivity index (χ1v) is 18.6.